The number of hydrogen-bond donors (Lipinski definition) is 1. The van der Waals surface area contributed by atoms with E-state index in [1.54, 1.807) is 24.3 Å². The Morgan fingerprint density at radius 1 is 1.24 bits per heavy atom. The van der Waals surface area contributed by atoms with Gasteiger partial charge in [0.2, 0.25) is 0 Å². The summed E-state index contributed by atoms with van der Waals surface area (Å²) in [6.45, 7) is 2.71. The summed E-state index contributed by atoms with van der Waals surface area (Å²) >= 11 is 1.51. The molecule has 2 aromatic rings. The third-order valence-corrected chi connectivity index (χ3v) is 5.54. The highest BCUT2D eigenvalue weighted by Gasteiger charge is 2.21. The van der Waals surface area contributed by atoms with Gasteiger partial charge in [-0.25, -0.2) is 4.39 Å². The topological polar surface area (TPSA) is 84.7 Å². The van der Waals surface area contributed by atoms with Gasteiger partial charge in [-0.2, -0.15) is 11.8 Å². The smallest absolute Gasteiger partial charge is 0.270 e. The van der Waals surface area contributed by atoms with Gasteiger partial charge in [0.15, 0.2) is 0 Å². The van der Waals surface area contributed by atoms with Gasteiger partial charge in [0.1, 0.15) is 5.82 Å². The number of nitro groups is 1. The van der Waals surface area contributed by atoms with Crippen LogP contribution >= 0.6 is 11.8 Å². The largest absolute Gasteiger partial charge is 0.378 e. The summed E-state index contributed by atoms with van der Waals surface area (Å²) in [4.78, 5) is 25.3. The van der Waals surface area contributed by atoms with Gasteiger partial charge >= 0.3 is 0 Å². The van der Waals surface area contributed by atoms with Crippen LogP contribution in [-0.4, -0.2) is 49.4 Å². The Morgan fingerprint density at radius 2 is 2.00 bits per heavy atom. The number of carbonyl (C=O) groups is 1. The second-order valence-corrected chi connectivity index (χ2v) is 7.56. The van der Waals surface area contributed by atoms with E-state index in [0.717, 1.165) is 0 Å². The van der Waals surface area contributed by atoms with Crippen LogP contribution in [0.15, 0.2) is 42.5 Å². The molecule has 2 aromatic carbocycles. The molecule has 154 valence electrons. The quantitative estimate of drug-likeness (QED) is 0.402. The Bertz CT molecular complexity index is 875. The molecule has 29 heavy (non-hydrogen) atoms. The highest BCUT2D eigenvalue weighted by atomic mass is 32.2. The second kappa shape index (κ2) is 10.2. The van der Waals surface area contributed by atoms with Gasteiger partial charge in [0.25, 0.3) is 11.6 Å². The molecular formula is C20H22FN3O4S. The van der Waals surface area contributed by atoms with Gasteiger partial charge < -0.3 is 15.0 Å². The van der Waals surface area contributed by atoms with Crippen LogP contribution in [0.2, 0.25) is 0 Å². The predicted molar refractivity (Wildman–Crippen MR) is 111 cm³/mol. The first kappa shape index (κ1) is 21.1. The third kappa shape index (κ3) is 5.68. The zero-order valence-corrected chi connectivity index (χ0v) is 16.6. The highest BCUT2D eigenvalue weighted by molar-refractivity contribution is 7.98. The molecule has 1 heterocycles. The summed E-state index contributed by atoms with van der Waals surface area (Å²) in [5.41, 5.74) is 1.44. The van der Waals surface area contributed by atoms with E-state index < -0.39 is 4.92 Å². The van der Waals surface area contributed by atoms with Crippen LogP contribution < -0.4 is 10.2 Å². The lowest BCUT2D eigenvalue weighted by atomic mass is 10.1. The number of nitrogens with zero attached hydrogens (tertiary/aromatic N) is 2. The fraction of sp³-hybridized carbons (Fsp3) is 0.350. The molecule has 0 saturated carbocycles. The number of anilines is 1. The number of nitrogens with one attached hydrogen (secondary N) is 1. The summed E-state index contributed by atoms with van der Waals surface area (Å²) in [5, 5.41) is 13.9. The summed E-state index contributed by atoms with van der Waals surface area (Å²) in [5.74, 6) is 0.512. The molecule has 0 aliphatic carbocycles. The Labute approximate surface area is 172 Å². The zero-order valence-electron chi connectivity index (χ0n) is 15.8. The van der Waals surface area contributed by atoms with Crippen LogP contribution in [0.3, 0.4) is 0 Å². The number of carbonyl (C=O) groups excluding carboxylic acids is 1. The first-order valence-corrected chi connectivity index (χ1v) is 10.4. The summed E-state index contributed by atoms with van der Waals surface area (Å²) in [6, 6.07) is 10.9. The van der Waals surface area contributed by atoms with E-state index in [4.69, 9.17) is 4.74 Å². The monoisotopic (exact) mass is 419 g/mol. The fourth-order valence-electron chi connectivity index (χ4n) is 3.03. The first-order valence-electron chi connectivity index (χ1n) is 9.27. The minimum Gasteiger partial charge on any atom is -0.378 e. The summed E-state index contributed by atoms with van der Waals surface area (Å²) in [6.07, 6.45) is 0. The van der Waals surface area contributed by atoms with Gasteiger partial charge in [-0.3, -0.25) is 14.9 Å². The molecule has 3 rings (SSSR count). The highest BCUT2D eigenvalue weighted by Crippen LogP contribution is 2.26. The minimum absolute atomic E-state index is 0.124. The van der Waals surface area contributed by atoms with Crippen LogP contribution in [0.4, 0.5) is 15.8 Å². The van der Waals surface area contributed by atoms with E-state index in [-0.39, 0.29) is 23.0 Å². The minimum atomic E-state index is -0.510. The Morgan fingerprint density at radius 3 is 2.72 bits per heavy atom. The molecule has 1 amide bonds. The SMILES string of the molecule is O=C(NCCSCc1ccccc1F)c1cc([N+](=O)[O-])ccc1N1CCOCC1. The number of ether oxygens (including phenoxy) is 1. The van der Waals surface area contributed by atoms with Gasteiger partial charge in [-0.15, -0.1) is 0 Å². The van der Waals surface area contributed by atoms with E-state index in [1.165, 1.54) is 30.0 Å². The Balaban J connectivity index is 1.60. The van der Waals surface area contributed by atoms with E-state index >= 15 is 0 Å². The van der Waals surface area contributed by atoms with Crippen molar-refractivity contribution in [3.05, 3.63) is 69.5 Å². The first-order chi connectivity index (χ1) is 14.1. The molecule has 1 saturated heterocycles. The van der Waals surface area contributed by atoms with Crippen molar-refractivity contribution in [3.8, 4) is 0 Å². The number of nitro benzene ring substituents is 1. The lowest BCUT2D eigenvalue weighted by molar-refractivity contribution is -0.384. The lowest BCUT2D eigenvalue weighted by Crippen LogP contribution is -2.38. The van der Waals surface area contributed by atoms with E-state index in [0.29, 0.717) is 55.6 Å². The molecule has 0 unspecified atom stereocenters. The number of halogens is 1. The Kier molecular flexibility index (Phi) is 7.42. The molecule has 1 fully saturated rings. The van der Waals surface area contributed by atoms with Crippen LogP contribution in [0.5, 0.6) is 0 Å². The maximum absolute atomic E-state index is 13.6. The van der Waals surface area contributed by atoms with Crippen molar-refractivity contribution in [2.24, 2.45) is 0 Å². The van der Waals surface area contributed by atoms with Crippen molar-refractivity contribution < 1.29 is 18.8 Å². The summed E-state index contributed by atoms with van der Waals surface area (Å²) < 4.78 is 19.0. The zero-order chi connectivity index (χ0) is 20.6. The van der Waals surface area contributed by atoms with E-state index in [9.17, 15) is 19.3 Å². The molecule has 0 atom stereocenters. The average molecular weight is 419 g/mol. The number of thioether (sulfide) groups is 1. The van der Waals surface area contributed by atoms with Gasteiger partial charge in [-0.05, 0) is 17.7 Å². The summed E-state index contributed by atoms with van der Waals surface area (Å²) in [7, 11) is 0. The van der Waals surface area contributed by atoms with Gasteiger partial charge in [0, 0.05) is 43.3 Å². The predicted octanol–water partition coefficient (Wildman–Crippen LogP) is 3.23. The van der Waals surface area contributed by atoms with E-state index in [2.05, 4.69) is 5.32 Å². The molecule has 1 N–H and O–H groups in total. The molecule has 0 spiro atoms. The molecule has 1 aliphatic heterocycles. The van der Waals surface area contributed by atoms with Crippen molar-refractivity contribution in [1.82, 2.24) is 5.32 Å². The standard InChI is InChI=1S/C20H22FN3O4S/c21-18-4-2-1-3-15(18)14-29-12-7-22-20(25)17-13-16(24(26)27)5-6-19(17)23-8-10-28-11-9-23/h1-6,13H,7-12,14H2,(H,22,25). The number of non-ortho nitro benzene ring substituents is 1. The van der Waals surface area contributed by atoms with Gasteiger partial charge in [-0.1, -0.05) is 18.2 Å². The number of benzene rings is 2. The van der Waals surface area contributed by atoms with Crippen LogP contribution in [0.25, 0.3) is 0 Å². The van der Waals surface area contributed by atoms with Gasteiger partial charge in [0.05, 0.1) is 29.4 Å². The molecule has 7 nitrogen and oxygen atoms in total. The maximum atomic E-state index is 13.6. The molecule has 0 bridgehead atoms. The molecule has 9 heteroatoms. The lowest BCUT2D eigenvalue weighted by Gasteiger charge is -2.30. The van der Waals surface area contributed by atoms with Crippen molar-refractivity contribution in [2.75, 3.05) is 43.5 Å². The molecule has 1 aliphatic rings. The third-order valence-electron chi connectivity index (χ3n) is 4.53. The van der Waals surface area contributed by atoms with Crippen molar-refractivity contribution in [2.45, 2.75) is 5.75 Å². The second-order valence-electron chi connectivity index (χ2n) is 6.46. The number of amides is 1. The van der Waals surface area contributed by atoms with Crippen LogP contribution in [0.1, 0.15) is 15.9 Å². The average Bonchev–Trinajstić information content (AvgIpc) is 2.74. The van der Waals surface area contributed by atoms with Crippen molar-refractivity contribution in [3.63, 3.8) is 0 Å². The van der Waals surface area contributed by atoms with Crippen molar-refractivity contribution in [1.29, 1.82) is 0 Å². The van der Waals surface area contributed by atoms with Crippen LogP contribution in [-0.2, 0) is 10.5 Å². The van der Waals surface area contributed by atoms with Crippen molar-refractivity contribution >= 4 is 29.0 Å². The molecule has 0 radical (unpaired) electrons. The normalized spacial score (nSPS) is 13.9. The number of morpholine rings is 1. The number of hydrogen-bond acceptors (Lipinski definition) is 6. The fourth-order valence-corrected chi connectivity index (χ4v) is 3.87. The van der Waals surface area contributed by atoms with Crippen LogP contribution in [0, 0.1) is 15.9 Å². The maximum Gasteiger partial charge on any atom is 0.270 e. The Hall–Kier alpha value is -2.65. The molecular weight excluding hydrogens is 397 g/mol. The number of rotatable bonds is 8. The van der Waals surface area contributed by atoms with E-state index in [1.807, 2.05) is 4.90 Å². The molecule has 0 aromatic heterocycles.